The molecule has 4 aromatic rings. The molecule has 0 aliphatic heterocycles. The number of alkyl halides is 3. The molecule has 0 fully saturated rings. The summed E-state index contributed by atoms with van der Waals surface area (Å²) in [4.78, 5) is 11.7. The Morgan fingerprint density at radius 3 is 1.26 bits per heavy atom. The van der Waals surface area contributed by atoms with Crippen LogP contribution in [0.1, 0.15) is 0 Å². The molecule has 4 rings (SSSR count). The molecule has 0 aliphatic rings. The number of para-hydroxylation sites is 2. The molecule has 4 aromatic carbocycles. The van der Waals surface area contributed by atoms with Crippen LogP contribution in [-0.2, 0) is 7.86 Å². The summed E-state index contributed by atoms with van der Waals surface area (Å²) in [6, 6.07) is 31.3. The SMILES string of the molecule is O=C(OI(c1ccc(Oc2ccccc2)cc1)c1ccc(Oc2ccccc2)cc1)C(F)(F)F. The first-order valence-electron chi connectivity index (χ1n) is 10.0. The molecule has 0 bridgehead atoms. The van der Waals surface area contributed by atoms with Gasteiger partial charge in [0.15, 0.2) is 0 Å². The van der Waals surface area contributed by atoms with Crippen LogP contribution in [0.15, 0.2) is 109 Å². The van der Waals surface area contributed by atoms with E-state index in [-0.39, 0.29) is 0 Å². The van der Waals surface area contributed by atoms with Crippen molar-refractivity contribution in [2.24, 2.45) is 0 Å². The summed E-state index contributed by atoms with van der Waals surface area (Å²) in [5.74, 6) is 0.0808. The van der Waals surface area contributed by atoms with Crippen LogP contribution in [0.3, 0.4) is 0 Å². The maximum atomic E-state index is 13.0. The number of carbonyl (C=O) groups is 1. The molecule has 0 unspecified atom stereocenters. The van der Waals surface area contributed by atoms with Crippen molar-refractivity contribution in [1.29, 1.82) is 0 Å². The molecule has 0 saturated carbocycles. The minimum atomic E-state index is -5.08. The van der Waals surface area contributed by atoms with Crippen LogP contribution >= 0.6 is 20.2 Å². The van der Waals surface area contributed by atoms with E-state index in [1.807, 2.05) is 36.4 Å². The van der Waals surface area contributed by atoms with E-state index in [4.69, 9.17) is 12.5 Å². The van der Waals surface area contributed by atoms with Gasteiger partial charge in [0.2, 0.25) is 0 Å². The Hall–Kier alpha value is -3.53. The van der Waals surface area contributed by atoms with Crippen LogP contribution in [0.5, 0.6) is 23.0 Å². The average Bonchev–Trinajstić information content (AvgIpc) is 2.84. The van der Waals surface area contributed by atoms with Gasteiger partial charge in [-0.3, -0.25) is 0 Å². The number of hydrogen-bond acceptors (Lipinski definition) is 4. The fourth-order valence-electron chi connectivity index (χ4n) is 2.81. The van der Waals surface area contributed by atoms with Gasteiger partial charge in [-0.05, 0) is 0 Å². The van der Waals surface area contributed by atoms with E-state index < -0.39 is 32.4 Å². The summed E-state index contributed by atoms with van der Waals surface area (Å²) in [6.07, 6.45) is -5.08. The van der Waals surface area contributed by atoms with Gasteiger partial charge in [-0.25, -0.2) is 0 Å². The van der Waals surface area contributed by atoms with Crippen molar-refractivity contribution in [3.8, 4) is 23.0 Å². The van der Waals surface area contributed by atoms with Gasteiger partial charge < -0.3 is 0 Å². The number of benzene rings is 4. The van der Waals surface area contributed by atoms with E-state index in [2.05, 4.69) is 0 Å². The fourth-order valence-corrected chi connectivity index (χ4v) is 6.72. The van der Waals surface area contributed by atoms with Crippen LogP contribution in [0.4, 0.5) is 13.2 Å². The van der Waals surface area contributed by atoms with Crippen molar-refractivity contribution in [2.75, 3.05) is 0 Å². The van der Waals surface area contributed by atoms with E-state index in [9.17, 15) is 18.0 Å². The first kappa shape index (κ1) is 23.6. The standard InChI is InChI=1S/C26H18F3IO4/c27-26(28,29)25(31)34-30(19-11-15-23(16-12-19)32-21-7-3-1-4-8-21)20-13-17-24(18-14-20)33-22-9-5-2-6-10-22/h1-18H. The number of hydrogen-bond donors (Lipinski definition) is 0. The van der Waals surface area contributed by atoms with Gasteiger partial charge in [0.05, 0.1) is 0 Å². The van der Waals surface area contributed by atoms with Crippen LogP contribution in [0, 0.1) is 7.14 Å². The fraction of sp³-hybridized carbons (Fsp3) is 0.0385. The molecule has 174 valence electrons. The number of ether oxygens (including phenoxy) is 2. The van der Waals surface area contributed by atoms with Gasteiger partial charge in [0.1, 0.15) is 0 Å². The molecule has 0 atom stereocenters. The molecule has 0 aromatic heterocycles. The van der Waals surface area contributed by atoms with Crippen molar-refractivity contribution >= 4 is 26.2 Å². The minimum absolute atomic E-state index is 0.513. The second-order valence-corrected chi connectivity index (χ2v) is 11.2. The van der Waals surface area contributed by atoms with Crippen LogP contribution < -0.4 is 9.47 Å². The Morgan fingerprint density at radius 2 is 0.912 bits per heavy atom. The van der Waals surface area contributed by atoms with E-state index in [1.165, 1.54) is 0 Å². The number of halogens is 4. The molecule has 0 heterocycles. The van der Waals surface area contributed by atoms with Gasteiger partial charge in [-0.15, -0.1) is 0 Å². The molecule has 0 N–H and O–H groups in total. The second-order valence-electron chi connectivity index (χ2n) is 6.85. The Balaban J connectivity index is 1.57. The van der Waals surface area contributed by atoms with Crippen molar-refractivity contribution in [1.82, 2.24) is 0 Å². The van der Waals surface area contributed by atoms with E-state index in [0.717, 1.165) is 0 Å². The normalized spacial score (nSPS) is 11.4. The van der Waals surface area contributed by atoms with Crippen LogP contribution in [-0.4, -0.2) is 12.1 Å². The zero-order valence-corrected chi connectivity index (χ0v) is 19.7. The molecule has 34 heavy (non-hydrogen) atoms. The van der Waals surface area contributed by atoms with Crippen molar-refractivity contribution < 1.29 is 30.5 Å². The third-order valence-electron chi connectivity index (χ3n) is 4.36. The Labute approximate surface area is 201 Å². The third kappa shape index (κ3) is 6.28. The van der Waals surface area contributed by atoms with Gasteiger partial charge in [0, 0.05) is 0 Å². The molecule has 0 amide bonds. The molecule has 8 heteroatoms. The van der Waals surface area contributed by atoms with E-state index >= 15 is 0 Å². The maximum absolute atomic E-state index is 13.0. The molecule has 4 nitrogen and oxygen atoms in total. The van der Waals surface area contributed by atoms with E-state index in [0.29, 0.717) is 30.1 Å². The van der Waals surface area contributed by atoms with Crippen molar-refractivity contribution in [2.45, 2.75) is 6.18 Å². The summed E-state index contributed by atoms with van der Waals surface area (Å²) in [6.45, 7) is 0. The zero-order valence-electron chi connectivity index (χ0n) is 17.5. The number of carbonyl (C=O) groups excluding carboxylic acids is 1. The zero-order chi connectivity index (χ0) is 24.0. The predicted molar refractivity (Wildman–Crippen MR) is 129 cm³/mol. The predicted octanol–water partition coefficient (Wildman–Crippen LogP) is 7.84. The van der Waals surface area contributed by atoms with Crippen molar-refractivity contribution in [3.05, 3.63) is 116 Å². The summed E-state index contributed by atoms with van der Waals surface area (Å²) < 4.78 is 56.4. The van der Waals surface area contributed by atoms with Gasteiger partial charge in [-0.1, -0.05) is 0 Å². The van der Waals surface area contributed by atoms with Gasteiger partial charge in [0.25, 0.3) is 0 Å². The molecule has 0 saturated heterocycles. The topological polar surface area (TPSA) is 44.8 Å². The van der Waals surface area contributed by atoms with Gasteiger partial charge >= 0.3 is 202 Å². The van der Waals surface area contributed by atoms with Crippen molar-refractivity contribution in [3.63, 3.8) is 0 Å². The average molecular weight is 578 g/mol. The first-order chi connectivity index (χ1) is 16.4. The molecule has 0 spiro atoms. The first-order valence-corrected chi connectivity index (χ1v) is 13.1. The molecule has 0 aliphatic carbocycles. The molecule has 0 radical (unpaired) electrons. The van der Waals surface area contributed by atoms with Crippen LogP contribution in [0.25, 0.3) is 0 Å². The third-order valence-corrected chi connectivity index (χ3v) is 8.90. The summed E-state index contributed by atoms with van der Waals surface area (Å²) >= 11 is -3.22. The summed E-state index contributed by atoms with van der Waals surface area (Å²) in [7, 11) is 0. The molecular weight excluding hydrogens is 560 g/mol. The summed E-state index contributed by atoms with van der Waals surface area (Å²) in [5, 5.41) is 0. The van der Waals surface area contributed by atoms with E-state index in [1.54, 1.807) is 72.8 Å². The quantitative estimate of drug-likeness (QED) is 0.210. The Kier molecular flexibility index (Phi) is 7.36. The second kappa shape index (κ2) is 10.6. The number of rotatable bonds is 7. The van der Waals surface area contributed by atoms with Crippen LogP contribution in [0.2, 0.25) is 0 Å². The monoisotopic (exact) mass is 578 g/mol. The Bertz CT molecular complexity index is 1130. The molecular formula is C26H18F3IO4. The Morgan fingerprint density at radius 1 is 0.559 bits per heavy atom. The summed E-state index contributed by atoms with van der Waals surface area (Å²) in [5.41, 5.74) is 0. The van der Waals surface area contributed by atoms with Gasteiger partial charge in [-0.2, -0.15) is 0 Å².